The lowest BCUT2D eigenvalue weighted by molar-refractivity contribution is -0.131. The predicted octanol–water partition coefficient (Wildman–Crippen LogP) is 2.01. The Balaban J connectivity index is 1.49. The molecule has 0 fully saturated rings. The van der Waals surface area contributed by atoms with Gasteiger partial charge in [-0.05, 0) is 56.9 Å². The molecule has 2 aromatic heterocycles. The van der Waals surface area contributed by atoms with Gasteiger partial charge in [0.15, 0.2) is 5.76 Å². The lowest BCUT2D eigenvalue weighted by Gasteiger charge is -2.25. The van der Waals surface area contributed by atoms with Gasteiger partial charge >= 0.3 is 0 Å². The zero-order chi connectivity index (χ0) is 37.6. The van der Waals surface area contributed by atoms with Crippen LogP contribution in [0.15, 0.2) is 57.9 Å². The minimum absolute atomic E-state index is 0.0413. The molecule has 16 heteroatoms. The van der Waals surface area contributed by atoms with E-state index in [1.54, 1.807) is 49.4 Å². The highest BCUT2D eigenvalue weighted by Crippen LogP contribution is 2.24. The van der Waals surface area contributed by atoms with E-state index in [0.717, 1.165) is 26.7 Å². The van der Waals surface area contributed by atoms with Crippen LogP contribution >= 0.6 is 0 Å². The maximum atomic E-state index is 14.0. The third-order valence-corrected chi connectivity index (χ3v) is 10.8. The van der Waals surface area contributed by atoms with Gasteiger partial charge in [0.05, 0.1) is 17.6 Å². The quantitative estimate of drug-likeness (QED) is 0.229. The highest BCUT2D eigenvalue weighted by atomic mass is 32.2. The fourth-order valence-corrected chi connectivity index (χ4v) is 7.87. The lowest BCUT2D eigenvalue weighted by atomic mass is 10.0. The van der Waals surface area contributed by atoms with Gasteiger partial charge in [0.1, 0.15) is 28.5 Å². The van der Waals surface area contributed by atoms with E-state index in [4.69, 9.17) is 9.51 Å². The Morgan fingerprint density at radius 3 is 2.38 bits per heavy atom. The number of nitrogens with one attached hydrogen (secondary N) is 4. The number of aromatic nitrogens is 3. The molecule has 4 N–H and O–H groups in total. The first kappa shape index (κ1) is 38.1. The largest absolute Gasteiger partial charge is 0.360 e. The predicted molar refractivity (Wildman–Crippen MR) is 193 cm³/mol. The number of hydrogen-bond donors (Lipinski definition) is 4. The Hall–Kier alpha value is -5.09. The van der Waals surface area contributed by atoms with Crippen molar-refractivity contribution < 1.29 is 32.1 Å². The van der Waals surface area contributed by atoms with Crippen LogP contribution in [0, 0.1) is 19.8 Å². The van der Waals surface area contributed by atoms with Crippen LogP contribution in [0.2, 0.25) is 0 Å². The fraction of sp³-hybridized carbons (Fsp3) is 0.444. The minimum atomic E-state index is -4.36. The van der Waals surface area contributed by atoms with E-state index < -0.39 is 52.3 Å². The standard InChI is InChI=1S/C36H46N8O7S/c1-22(2)18-31-40-28-13-12-27-20-30(28)44(31)16-9-14-37-34(46)24(4)39-36(48)29(19-26-10-7-6-8-11-26)41-32(45)21-43(17-15-38-35(27)47)52(49,50)33-23(3)42-51-25(33)5/h6-8,10-13,20,22,24,29H,9,14-19,21H2,1-5H3,(H,37,46)(H,38,47)(H,39,48)(H,41,45)/t24-,29+/m1/s1. The van der Waals surface area contributed by atoms with Gasteiger partial charge < -0.3 is 30.4 Å². The number of hydrogen-bond acceptors (Lipinski definition) is 9. The molecule has 4 amide bonds. The molecule has 0 unspecified atom stereocenters. The Bertz CT molecular complexity index is 2020. The lowest BCUT2D eigenvalue weighted by Crippen LogP contribution is -2.55. The van der Waals surface area contributed by atoms with E-state index in [9.17, 15) is 27.6 Å². The summed E-state index contributed by atoms with van der Waals surface area (Å²) in [6.07, 6.45) is 1.34. The van der Waals surface area contributed by atoms with Crippen molar-refractivity contribution in [3.05, 3.63) is 76.9 Å². The van der Waals surface area contributed by atoms with E-state index in [2.05, 4.69) is 44.8 Å². The molecule has 2 aromatic carbocycles. The van der Waals surface area contributed by atoms with Crippen molar-refractivity contribution in [3.8, 4) is 0 Å². The number of aryl methyl sites for hydroxylation is 3. The van der Waals surface area contributed by atoms with Crippen LogP contribution in [0.25, 0.3) is 11.0 Å². The second-order valence-corrected chi connectivity index (χ2v) is 15.3. The zero-order valence-electron chi connectivity index (χ0n) is 30.1. The second kappa shape index (κ2) is 16.5. The molecule has 2 atom stereocenters. The molecule has 278 valence electrons. The van der Waals surface area contributed by atoms with Crippen LogP contribution in [-0.4, -0.2) is 89.3 Å². The van der Waals surface area contributed by atoms with Crippen LogP contribution in [0.3, 0.4) is 0 Å². The number of sulfonamides is 1. The van der Waals surface area contributed by atoms with E-state index in [1.807, 2.05) is 6.07 Å². The van der Waals surface area contributed by atoms with Gasteiger partial charge in [-0.2, -0.15) is 4.31 Å². The summed E-state index contributed by atoms with van der Waals surface area (Å²) >= 11 is 0. The average Bonchev–Trinajstić information content (AvgIpc) is 3.62. The highest BCUT2D eigenvalue weighted by Gasteiger charge is 2.34. The third kappa shape index (κ3) is 9.03. The van der Waals surface area contributed by atoms with Crippen molar-refractivity contribution in [2.45, 2.75) is 77.4 Å². The van der Waals surface area contributed by atoms with Gasteiger partial charge in [0, 0.05) is 44.6 Å². The molecule has 15 nitrogen and oxygen atoms in total. The van der Waals surface area contributed by atoms with Crippen LogP contribution in [0.5, 0.6) is 0 Å². The van der Waals surface area contributed by atoms with Crippen molar-refractivity contribution in [1.29, 1.82) is 0 Å². The molecule has 5 rings (SSSR count). The van der Waals surface area contributed by atoms with Gasteiger partial charge in [-0.3, -0.25) is 19.2 Å². The maximum Gasteiger partial charge on any atom is 0.251 e. The number of imidazole rings is 1. The van der Waals surface area contributed by atoms with Crippen molar-refractivity contribution in [2.24, 2.45) is 5.92 Å². The smallest absolute Gasteiger partial charge is 0.251 e. The normalized spacial score (nSPS) is 19.2. The molecule has 0 saturated carbocycles. The topological polar surface area (TPSA) is 198 Å². The SMILES string of the molecule is Cc1noc(C)c1S(=O)(=O)N1CCNC(=O)c2ccc3nc(CC(C)C)n(c3c2)CCCNC(=O)[C@@H](C)NC(=O)[C@H](Cc2ccccc2)NC(=O)C1. The molecular formula is C36H46N8O7S. The minimum Gasteiger partial charge on any atom is -0.360 e. The summed E-state index contributed by atoms with van der Waals surface area (Å²) in [5.74, 6) is -1.01. The van der Waals surface area contributed by atoms with E-state index in [-0.39, 0.29) is 35.9 Å². The van der Waals surface area contributed by atoms with Crippen LogP contribution in [0.4, 0.5) is 0 Å². The molecule has 3 heterocycles. The van der Waals surface area contributed by atoms with Crippen LogP contribution < -0.4 is 21.3 Å². The van der Waals surface area contributed by atoms with Crippen molar-refractivity contribution >= 4 is 44.7 Å². The monoisotopic (exact) mass is 734 g/mol. The summed E-state index contributed by atoms with van der Waals surface area (Å²) < 4.78 is 36.1. The van der Waals surface area contributed by atoms with Gasteiger partial charge in [-0.15, -0.1) is 0 Å². The molecule has 0 radical (unpaired) electrons. The summed E-state index contributed by atoms with van der Waals surface area (Å²) in [6, 6.07) is 12.1. The summed E-state index contributed by atoms with van der Waals surface area (Å²) in [6.45, 7) is 8.42. The summed E-state index contributed by atoms with van der Waals surface area (Å²) in [7, 11) is -4.36. The molecule has 0 aliphatic carbocycles. The number of carbonyl (C=O) groups is 4. The molecule has 2 bridgehead atoms. The van der Waals surface area contributed by atoms with Crippen LogP contribution in [0.1, 0.15) is 60.4 Å². The third-order valence-electron chi connectivity index (χ3n) is 8.76. The number of benzene rings is 2. The Morgan fingerprint density at radius 1 is 0.942 bits per heavy atom. The number of fused-ring (bicyclic) bond motifs is 1. The second-order valence-electron chi connectivity index (χ2n) is 13.4. The number of rotatable bonds is 6. The van der Waals surface area contributed by atoms with E-state index in [1.165, 1.54) is 13.8 Å². The van der Waals surface area contributed by atoms with Gasteiger partial charge in [0.2, 0.25) is 27.7 Å². The Labute approximate surface area is 302 Å². The molecule has 1 aliphatic rings. The first-order valence-electron chi connectivity index (χ1n) is 17.4. The average molecular weight is 735 g/mol. The number of carbonyl (C=O) groups excluding carboxylic acids is 4. The van der Waals surface area contributed by atoms with Gasteiger partial charge in [-0.1, -0.05) is 49.3 Å². The highest BCUT2D eigenvalue weighted by molar-refractivity contribution is 7.89. The summed E-state index contributed by atoms with van der Waals surface area (Å²) in [5.41, 5.74) is 2.68. The molecule has 1 aliphatic heterocycles. The molecular weight excluding hydrogens is 689 g/mol. The summed E-state index contributed by atoms with van der Waals surface area (Å²) in [5, 5.41) is 14.8. The molecule has 52 heavy (non-hydrogen) atoms. The first-order chi connectivity index (χ1) is 24.7. The molecule has 0 saturated heterocycles. The maximum absolute atomic E-state index is 14.0. The number of amides is 4. The summed E-state index contributed by atoms with van der Waals surface area (Å²) in [4.78, 5) is 58.4. The fourth-order valence-electron chi connectivity index (χ4n) is 6.18. The van der Waals surface area contributed by atoms with E-state index in [0.29, 0.717) is 37.4 Å². The first-order valence-corrected chi connectivity index (χ1v) is 18.8. The Kier molecular flexibility index (Phi) is 12.1. The zero-order valence-corrected chi connectivity index (χ0v) is 30.9. The van der Waals surface area contributed by atoms with Gasteiger partial charge in [0.25, 0.3) is 5.91 Å². The van der Waals surface area contributed by atoms with Crippen LogP contribution in [-0.2, 0) is 43.8 Å². The van der Waals surface area contributed by atoms with Gasteiger partial charge in [-0.25, -0.2) is 13.4 Å². The number of nitrogens with zero attached hydrogens (tertiary/aromatic N) is 4. The molecule has 0 spiro atoms. The van der Waals surface area contributed by atoms with E-state index >= 15 is 0 Å². The van der Waals surface area contributed by atoms with Crippen molar-refractivity contribution in [1.82, 2.24) is 40.3 Å². The van der Waals surface area contributed by atoms with Crippen molar-refractivity contribution in [2.75, 3.05) is 26.2 Å². The van der Waals surface area contributed by atoms with Crippen molar-refractivity contribution in [3.63, 3.8) is 0 Å². The molecule has 4 aromatic rings. The Morgan fingerprint density at radius 2 is 1.69 bits per heavy atom.